The lowest BCUT2D eigenvalue weighted by Crippen LogP contribution is -2.35. The molecule has 0 unspecified atom stereocenters. The molecule has 1 heterocycles. The van der Waals surface area contributed by atoms with E-state index in [0.717, 1.165) is 10.0 Å². The zero-order valence-corrected chi connectivity index (χ0v) is 16.4. The number of aryl methyl sites for hydroxylation is 1. The van der Waals surface area contributed by atoms with Crippen molar-refractivity contribution in [2.75, 3.05) is 30.8 Å². The predicted molar refractivity (Wildman–Crippen MR) is 105 cm³/mol. The van der Waals surface area contributed by atoms with Crippen LogP contribution in [0.25, 0.3) is 0 Å². The molecule has 0 aromatic heterocycles. The summed E-state index contributed by atoms with van der Waals surface area (Å²) in [7, 11) is 1.55. The van der Waals surface area contributed by atoms with E-state index in [1.807, 2.05) is 19.1 Å². The molecule has 7 nitrogen and oxygen atoms in total. The summed E-state index contributed by atoms with van der Waals surface area (Å²) in [5.74, 6) is -0.416. The van der Waals surface area contributed by atoms with Crippen molar-refractivity contribution in [2.24, 2.45) is 0 Å². The van der Waals surface area contributed by atoms with E-state index in [2.05, 4.69) is 26.6 Å². The molecule has 0 fully saturated rings. The minimum atomic E-state index is -0.319. The molecule has 1 aliphatic rings. The number of hydrogen-bond donors (Lipinski definition) is 2. The summed E-state index contributed by atoms with van der Waals surface area (Å²) >= 11 is 3.38. The van der Waals surface area contributed by atoms with Crippen LogP contribution in [0.5, 0.6) is 5.75 Å². The third-order valence-electron chi connectivity index (χ3n) is 4.05. The molecular formula is C19H18BrN3O4. The Balaban J connectivity index is 1.65. The van der Waals surface area contributed by atoms with E-state index in [1.54, 1.807) is 31.3 Å². The van der Waals surface area contributed by atoms with Crippen LogP contribution < -0.4 is 15.4 Å². The Morgan fingerprint density at radius 1 is 1.26 bits per heavy atom. The number of amides is 3. The largest absolute Gasteiger partial charge is 0.482 e. The quantitative estimate of drug-likeness (QED) is 0.778. The van der Waals surface area contributed by atoms with Crippen LogP contribution in [-0.2, 0) is 9.59 Å². The lowest BCUT2D eigenvalue weighted by Gasteiger charge is -2.20. The van der Waals surface area contributed by atoms with Gasteiger partial charge < -0.3 is 20.3 Å². The molecule has 0 radical (unpaired) electrons. The van der Waals surface area contributed by atoms with Crippen molar-refractivity contribution in [3.63, 3.8) is 0 Å². The van der Waals surface area contributed by atoms with Gasteiger partial charge in [0.05, 0.1) is 12.2 Å². The average molecular weight is 432 g/mol. The molecule has 3 rings (SSSR count). The molecule has 0 saturated heterocycles. The Kier molecular flexibility index (Phi) is 5.46. The Hall–Kier alpha value is -2.87. The molecule has 140 valence electrons. The summed E-state index contributed by atoms with van der Waals surface area (Å²) in [6.07, 6.45) is 0. The minimum absolute atomic E-state index is 0.0879. The summed E-state index contributed by atoms with van der Waals surface area (Å²) in [4.78, 5) is 37.5. The number of ether oxygens (including phenoxy) is 1. The van der Waals surface area contributed by atoms with Crippen LogP contribution in [0.2, 0.25) is 0 Å². The van der Waals surface area contributed by atoms with Gasteiger partial charge in [0.1, 0.15) is 5.75 Å². The van der Waals surface area contributed by atoms with E-state index in [0.29, 0.717) is 22.7 Å². The van der Waals surface area contributed by atoms with Crippen molar-refractivity contribution in [1.29, 1.82) is 0 Å². The number of nitrogens with one attached hydrogen (secondary N) is 2. The van der Waals surface area contributed by atoms with E-state index in [1.165, 1.54) is 4.90 Å². The monoisotopic (exact) mass is 431 g/mol. The molecule has 2 N–H and O–H groups in total. The van der Waals surface area contributed by atoms with Gasteiger partial charge in [-0.2, -0.15) is 0 Å². The molecule has 8 heteroatoms. The number of anilines is 2. The fraction of sp³-hybridized carbons (Fsp3) is 0.211. The molecule has 0 atom stereocenters. The van der Waals surface area contributed by atoms with Crippen molar-refractivity contribution in [2.45, 2.75) is 6.92 Å². The van der Waals surface area contributed by atoms with Crippen LogP contribution in [0.15, 0.2) is 40.9 Å². The van der Waals surface area contributed by atoms with Gasteiger partial charge in [-0.05, 0) is 48.9 Å². The predicted octanol–water partition coefficient (Wildman–Crippen LogP) is 2.80. The van der Waals surface area contributed by atoms with Crippen LogP contribution in [-0.4, -0.2) is 42.8 Å². The van der Waals surface area contributed by atoms with Gasteiger partial charge >= 0.3 is 0 Å². The highest BCUT2D eigenvalue weighted by Gasteiger charge is 2.20. The Labute approximate surface area is 164 Å². The van der Waals surface area contributed by atoms with Crippen LogP contribution in [0, 0.1) is 6.92 Å². The molecular weight excluding hydrogens is 414 g/mol. The van der Waals surface area contributed by atoms with Crippen LogP contribution in [0.4, 0.5) is 11.4 Å². The summed E-state index contributed by atoms with van der Waals surface area (Å²) in [5.41, 5.74) is 2.51. The van der Waals surface area contributed by atoms with Crippen molar-refractivity contribution in [3.05, 3.63) is 52.0 Å². The minimum Gasteiger partial charge on any atom is -0.482 e. The fourth-order valence-corrected chi connectivity index (χ4v) is 3.15. The SMILES string of the molecule is Cc1cc(Br)ccc1NC(=O)CN(C)C(=O)c1ccc2c(c1)OCC(=O)N2. The summed E-state index contributed by atoms with van der Waals surface area (Å²) < 4.78 is 6.25. The number of fused-ring (bicyclic) bond motifs is 1. The third kappa shape index (κ3) is 4.46. The maximum absolute atomic E-state index is 12.6. The first-order valence-corrected chi connectivity index (χ1v) is 9.01. The summed E-state index contributed by atoms with van der Waals surface area (Å²) in [6.45, 7) is 1.71. The average Bonchev–Trinajstić information content (AvgIpc) is 2.63. The van der Waals surface area contributed by atoms with E-state index in [4.69, 9.17) is 4.74 Å². The molecule has 0 aliphatic carbocycles. The van der Waals surface area contributed by atoms with Crippen molar-refractivity contribution in [3.8, 4) is 5.75 Å². The standard InChI is InChI=1S/C19H18BrN3O4/c1-11-7-13(20)4-6-14(11)21-17(24)9-23(2)19(26)12-3-5-15-16(8-12)27-10-18(25)22-15/h3-8H,9-10H2,1-2H3,(H,21,24)(H,22,25). The maximum Gasteiger partial charge on any atom is 0.262 e. The van der Waals surface area contributed by atoms with E-state index < -0.39 is 0 Å². The molecule has 0 spiro atoms. The van der Waals surface area contributed by atoms with Gasteiger partial charge in [-0.25, -0.2) is 0 Å². The first kappa shape index (κ1) is 18.9. The van der Waals surface area contributed by atoms with Crippen LogP contribution in [0.1, 0.15) is 15.9 Å². The third-order valence-corrected chi connectivity index (χ3v) is 4.54. The molecule has 2 aromatic rings. The molecule has 0 bridgehead atoms. The number of rotatable bonds is 4. The van der Waals surface area contributed by atoms with Gasteiger partial charge in [0.25, 0.3) is 11.8 Å². The van der Waals surface area contributed by atoms with Crippen LogP contribution in [0.3, 0.4) is 0 Å². The Morgan fingerprint density at radius 3 is 2.78 bits per heavy atom. The van der Waals surface area contributed by atoms with Gasteiger partial charge in [0, 0.05) is 22.8 Å². The van der Waals surface area contributed by atoms with Crippen molar-refractivity contribution >= 4 is 45.0 Å². The van der Waals surface area contributed by atoms with Gasteiger partial charge in [-0.1, -0.05) is 15.9 Å². The fourth-order valence-electron chi connectivity index (χ4n) is 2.67. The molecule has 2 aromatic carbocycles. The second-order valence-corrected chi connectivity index (χ2v) is 7.13. The number of halogens is 1. The number of carbonyl (C=O) groups is 3. The Bertz CT molecular complexity index is 929. The highest BCUT2D eigenvalue weighted by molar-refractivity contribution is 9.10. The second kappa shape index (κ2) is 7.79. The first-order chi connectivity index (χ1) is 12.8. The number of carbonyl (C=O) groups excluding carboxylic acids is 3. The first-order valence-electron chi connectivity index (χ1n) is 8.21. The number of likely N-dealkylation sites (N-methyl/N-ethyl adjacent to an activating group) is 1. The van der Waals surface area contributed by atoms with E-state index in [-0.39, 0.29) is 30.9 Å². The number of nitrogens with zero attached hydrogens (tertiary/aromatic N) is 1. The molecule has 27 heavy (non-hydrogen) atoms. The van der Waals surface area contributed by atoms with E-state index in [9.17, 15) is 14.4 Å². The molecule has 0 saturated carbocycles. The van der Waals surface area contributed by atoms with E-state index >= 15 is 0 Å². The van der Waals surface area contributed by atoms with Crippen molar-refractivity contribution in [1.82, 2.24) is 4.90 Å². The summed E-state index contributed by atoms with van der Waals surface area (Å²) in [6, 6.07) is 10.3. The highest BCUT2D eigenvalue weighted by Crippen LogP contribution is 2.29. The smallest absolute Gasteiger partial charge is 0.262 e. The second-order valence-electron chi connectivity index (χ2n) is 6.22. The lowest BCUT2D eigenvalue weighted by atomic mass is 10.1. The van der Waals surface area contributed by atoms with Crippen LogP contribution >= 0.6 is 15.9 Å². The molecule has 1 aliphatic heterocycles. The summed E-state index contributed by atoms with van der Waals surface area (Å²) in [5, 5.41) is 5.47. The normalized spacial score (nSPS) is 12.5. The highest BCUT2D eigenvalue weighted by atomic mass is 79.9. The lowest BCUT2D eigenvalue weighted by molar-refractivity contribution is -0.118. The topological polar surface area (TPSA) is 87.7 Å². The zero-order chi connectivity index (χ0) is 19.6. The zero-order valence-electron chi connectivity index (χ0n) is 14.8. The van der Waals surface area contributed by atoms with Gasteiger partial charge in [0.2, 0.25) is 5.91 Å². The number of hydrogen-bond acceptors (Lipinski definition) is 4. The molecule has 3 amide bonds. The van der Waals surface area contributed by atoms with Gasteiger partial charge in [-0.15, -0.1) is 0 Å². The Morgan fingerprint density at radius 2 is 2.04 bits per heavy atom. The van der Waals surface area contributed by atoms with Gasteiger partial charge in [-0.3, -0.25) is 14.4 Å². The van der Waals surface area contributed by atoms with Crippen molar-refractivity contribution < 1.29 is 19.1 Å². The maximum atomic E-state index is 12.6. The number of benzene rings is 2. The van der Waals surface area contributed by atoms with Gasteiger partial charge in [0.15, 0.2) is 6.61 Å².